The van der Waals surface area contributed by atoms with Crippen LogP contribution in [-0.2, 0) is 22.4 Å². The van der Waals surface area contributed by atoms with Gasteiger partial charge in [0.05, 0.1) is 6.61 Å². The van der Waals surface area contributed by atoms with Crippen molar-refractivity contribution in [1.29, 1.82) is 0 Å². The molecule has 0 saturated heterocycles. The molecule has 1 aromatic rings. The molecule has 0 radical (unpaired) electrons. The zero-order valence-electron chi connectivity index (χ0n) is 10.8. The van der Waals surface area contributed by atoms with E-state index in [2.05, 4.69) is 11.4 Å². The van der Waals surface area contributed by atoms with Crippen LogP contribution in [0.15, 0.2) is 18.2 Å². The van der Waals surface area contributed by atoms with Gasteiger partial charge in [-0.2, -0.15) is 0 Å². The predicted molar refractivity (Wildman–Crippen MR) is 69.2 cm³/mol. The fourth-order valence-corrected chi connectivity index (χ4v) is 2.21. The molecule has 0 aromatic heterocycles. The Morgan fingerprint density at radius 1 is 1.47 bits per heavy atom. The molecule has 1 aliphatic heterocycles. The third-order valence-corrected chi connectivity index (χ3v) is 3.15. The summed E-state index contributed by atoms with van der Waals surface area (Å²) >= 11 is 0. The lowest BCUT2D eigenvalue weighted by Gasteiger charge is -2.13. The number of carbonyl (C=O) groups excluding carboxylic acids is 1. The van der Waals surface area contributed by atoms with E-state index < -0.39 is 12.0 Å². The Balaban J connectivity index is 1.97. The first kappa shape index (κ1) is 13.4. The van der Waals surface area contributed by atoms with Crippen molar-refractivity contribution in [2.24, 2.45) is 0 Å². The number of carbonyl (C=O) groups is 2. The minimum absolute atomic E-state index is 0.324. The van der Waals surface area contributed by atoms with Gasteiger partial charge in [0.1, 0.15) is 11.8 Å². The highest BCUT2D eigenvalue weighted by molar-refractivity contribution is 5.82. The van der Waals surface area contributed by atoms with E-state index in [0.29, 0.717) is 19.4 Å². The summed E-state index contributed by atoms with van der Waals surface area (Å²) in [7, 11) is 0. The summed E-state index contributed by atoms with van der Waals surface area (Å²) in [5.74, 6) is -0.408. The molecule has 0 fully saturated rings. The predicted octanol–water partition coefficient (Wildman–Crippen LogP) is 1.14. The topological polar surface area (TPSA) is 75.6 Å². The first-order chi connectivity index (χ1) is 9.06. The molecule has 0 aliphatic carbocycles. The highest BCUT2D eigenvalue weighted by Crippen LogP contribution is 2.26. The van der Waals surface area contributed by atoms with Crippen LogP contribution in [0.5, 0.6) is 5.75 Å². The third kappa shape index (κ3) is 3.47. The Labute approximate surface area is 111 Å². The summed E-state index contributed by atoms with van der Waals surface area (Å²) in [6, 6.07) is 5.08. The summed E-state index contributed by atoms with van der Waals surface area (Å²) in [5.41, 5.74) is 2.24. The highest BCUT2D eigenvalue weighted by Gasteiger charge is 2.18. The van der Waals surface area contributed by atoms with E-state index in [1.54, 1.807) is 0 Å². The second-order valence-electron chi connectivity index (χ2n) is 4.67. The molecule has 1 amide bonds. The van der Waals surface area contributed by atoms with Gasteiger partial charge in [-0.25, -0.2) is 4.79 Å². The summed E-state index contributed by atoms with van der Waals surface area (Å²) in [6.07, 6.45) is 1.90. The van der Waals surface area contributed by atoms with E-state index in [-0.39, 0.29) is 5.91 Å². The monoisotopic (exact) mass is 263 g/mol. The minimum Gasteiger partial charge on any atom is -0.493 e. The zero-order valence-corrected chi connectivity index (χ0v) is 10.8. The van der Waals surface area contributed by atoms with Crippen molar-refractivity contribution < 1.29 is 19.4 Å². The van der Waals surface area contributed by atoms with Crippen LogP contribution < -0.4 is 10.1 Å². The standard InChI is InChI=1S/C14H17NO4/c1-9(16)15-12(14(17)18)4-2-10-3-5-13-11(8-10)6-7-19-13/h3,5,8,12H,2,4,6-7H2,1H3,(H,15,16)(H,17,18). The van der Waals surface area contributed by atoms with Gasteiger partial charge in [0, 0.05) is 13.3 Å². The highest BCUT2D eigenvalue weighted by atomic mass is 16.5. The normalized spacial score (nSPS) is 14.4. The zero-order chi connectivity index (χ0) is 13.8. The summed E-state index contributed by atoms with van der Waals surface area (Å²) in [6.45, 7) is 2.03. The smallest absolute Gasteiger partial charge is 0.326 e. The summed E-state index contributed by atoms with van der Waals surface area (Å²) < 4.78 is 5.42. The van der Waals surface area contributed by atoms with Gasteiger partial charge in [-0.05, 0) is 30.0 Å². The number of carboxylic acids is 1. The molecule has 0 saturated carbocycles. The number of hydrogen-bond donors (Lipinski definition) is 2. The van der Waals surface area contributed by atoms with Gasteiger partial charge in [0.25, 0.3) is 0 Å². The van der Waals surface area contributed by atoms with Crippen LogP contribution in [-0.4, -0.2) is 29.6 Å². The van der Waals surface area contributed by atoms with Crippen molar-refractivity contribution in [2.45, 2.75) is 32.2 Å². The number of carboxylic acid groups (broad SMARTS) is 1. The maximum Gasteiger partial charge on any atom is 0.326 e. The van der Waals surface area contributed by atoms with E-state index in [1.807, 2.05) is 12.1 Å². The Morgan fingerprint density at radius 3 is 2.95 bits per heavy atom. The van der Waals surface area contributed by atoms with Gasteiger partial charge in [-0.1, -0.05) is 12.1 Å². The molecule has 5 heteroatoms. The molecule has 2 rings (SSSR count). The average Bonchev–Trinajstić information content (AvgIpc) is 2.80. The van der Waals surface area contributed by atoms with Crippen molar-refractivity contribution in [3.05, 3.63) is 29.3 Å². The fourth-order valence-electron chi connectivity index (χ4n) is 2.21. The van der Waals surface area contributed by atoms with Crippen molar-refractivity contribution >= 4 is 11.9 Å². The molecule has 1 aromatic carbocycles. The maximum absolute atomic E-state index is 11.0. The van der Waals surface area contributed by atoms with Crippen LogP contribution in [0.25, 0.3) is 0 Å². The lowest BCUT2D eigenvalue weighted by atomic mass is 10.0. The number of hydrogen-bond acceptors (Lipinski definition) is 3. The number of aliphatic carboxylic acids is 1. The molecule has 0 bridgehead atoms. The number of aryl methyl sites for hydroxylation is 1. The number of fused-ring (bicyclic) bond motifs is 1. The molecule has 1 atom stereocenters. The second kappa shape index (κ2) is 5.73. The number of rotatable bonds is 5. The van der Waals surface area contributed by atoms with Crippen LogP contribution >= 0.6 is 0 Å². The van der Waals surface area contributed by atoms with Crippen molar-refractivity contribution in [1.82, 2.24) is 5.32 Å². The SMILES string of the molecule is CC(=O)NC(CCc1ccc2c(c1)CCO2)C(=O)O. The van der Waals surface area contributed by atoms with Crippen molar-refractivity contribution in [3.8, 4) is 5.75 Å². The minimum atomic E-state index is -1.00. The number of benzene rings is 1. The van der Waals surface area contributed by atoms with E-state index in [1.165, 1.54) is 12.5 Å². The van der Waals surface area contributed by atoms with Gasteiger partial charge in [-0.3, -0.25) is 4.79 Å². The van der Waals surface area contributed by atoms with Gasteiger partial charge < -0.3 is 15.2 Å². The number of ether oxygens (including phenoxy) is 1. The lowest BCUT2D eigenvalue weighted by Crippen LogP contribution is -2.39. The molecule has 1 aliphatic rings. The molecule has 19 heavy (non-hydrogen) atoms. The Bertz CT molecular complexity index is 498. The van der Waals surface area contributed by atoms with E-state index in [9.17, 15) is 9.59 Å². The first-order valence-electron chi connectivity index (χ1n) is 6.31. The van der Waals surface area contributed by atoms with Crippen LogP contribution in [0.2, 0.25) is 0 Å². The third-order valence-electron chi connectivity index (χ3n) is 3.15. The lowest BCUT2D eigenvalue weighted by molar-refractivity contribution is -0.141. The molecular formula is C14H17NO4. The number of amides is 1. The Kier molecular flexibility index (Phi) is 4.04. The van der Waals surface area contributed by atoms with Crippen LogP contribution in [0.1, 0.15) is 24.5 Å². The number of nitrogens with one attached hydrogen (secondary N) is 1. The molecule has 2 N–H and O–H groups in total. The summed E-state index contributed by atoms with van der Waals surface area (Å²) in [4.78, 5) is 21.9. The molecule has 102 valence electrons. The summed E-state index contributed by atoms with van der Waals surface area (Å²) in [5, 5.41) is 11.5. The molecule has 1 unspecified atom stereocenters. The average molecular weight is 263 g/mol. The van der Waals surface area contributed by atoms with Crippen LogP contribution in [0.3, 0.4) is 0 Å². The quantitative estimate of drug-likeness (QED) is 0.835. The maximum atomic E-state index is 11.0. The molecular weight excluding hydrogens is 246 g/mol. The molecule has 5 nitrogen and oxygen atoms in total. The van der Waals surface area contributed by atoms with Crippen LogP contribution in [0, 0.1) is 0 Å². The molecule has 0 spiro atoms. The Morgan fingerprint density at radius 2 is 2.26 bits per heavy atom. The van der Waals surface area contributed by atoms with Crippen LogP contribution in [0.4, 0.5) is 0 Å². The van der Waals surface area contributed by atoms with Crippen molar-refractivity contribution in [2.75, 3.05) is 6.61 Å². The molecule has 1 heterocycles. The van der Waals surface area contributed by atoms with E-state index in [0.717, 1.165) is 17.7 Å². The second-order valence-corrected chi connectivity index (χ2v) is 4.67. The van der Waals surface area contributed by atoms with E-state index in [4.69, 9.17) is 9.84 Å². The van der Waals surface area contributed by atoms with Gasteiger partial charge >= 0.3 is 5.97 Å². The van der Waals surface area contributed by atoms with Gasteiger partial charge in [0.15, 0.2) is 0 Å². The largest absolute Gasteiger partial charge is 0.493 e. The van der Waals surface area contributed by atoms with Gasteiger partial charge in [-0.15, -0.1) is 0 Å². The van der Waals surface area contributed by atoms with Gasteiger partial charge in [0.2, 0.25) is 5.91 Å². The van der Waals surface area contributed by atoms with E-state index >= 15 is 0 Å². The van der Waals surface area contributed by atoms with Crippen molar-refractivity contribution in [3.63, 3.8) is 0 Å². The first-order valence-corrected chi connectivity index (χ1v) is 6.31. The fraction of sp³-hybridized carbons (Fsp3) is 0.429. The Hall–Kier alpha value is -2.04.